The molecule has 1 N–H and O–H groups in total. The van der Waals surface area contributed by atoms with Crippen LogP contribution in [0.15, 0.2) is 24.5 Å². The van der Waals surface area contributed by atoms with Gasteiger partial charge in [-0.2, -0.15) is 0 Å². The Balaban J connectivity index is 1.77. The molecule has 1 aliphatic rings. The summed E-state index contributed by atoms with van der Waals surface area (Å²) in [7, 11) is 0. The highest BCUT2D eigenvalue weighted by Crippen LogP contribution is 2.07. The van der Waals surface area contributed by atoms with Crippen molar-refractivity contribution in [2.75, 3.05) is 39.3 Å². The first-order valence-electron chi connectivity index (χ1n) is 7.29. The summed E-state index contributed by atoms with van der Waals surface area (Å²) in [6, 6.07) is 3.91. The largest absolute Gasteiger partial charge is 0.395 e. The highest BCUT2D eigenvalue weighted by atomic mass is 16.3. The van der Waals surface area contributed by atoms with E-state index in [0.717, 1.165) is 44.6 Å². The van der Waals surface area contributed by atoms with Crippen molar-refractivity contribution in [3.63, 3.8) is 0 Å². The third-order valence-corrected chi connectivity index (χ3v) is 3.71. The second-order valence-electron chi connectivity index (χ2n) is 5.16. The SMILES string of the molecule is O=C(CCc1cccnc1)N1CCCN(CCO)CC1. The number of amides is 1. The Bertz CT molecular complexity index is 411. The van der Waals surface area contributed by atoms with E-state index in [2.05, 4.69) is 9.88 Å². The predicted molar refractivity (Wildman–Crippen MR) is 77.3 cm³/mol. The molecule has 0 atom stereocenters. The molecule has 0 unspecified atom stereocenters. The van der Waals surface area contributed by atoms with Crippen LogP contribution in [0.5, 0.6) is 0 Å². The molecule has 1 aromatic rings. The quantitative estimate of drug-likeness (QED) is 0.853. The van der Waals surface area contributed by atoms with Gasteiger partial charge in [0.1, 0.15) is 0 Å². The number of hydrogen-bond acceptors (Lipinski definition) is 4. The van der Waals surface area contributed by atoms with Crippen LogP contribution < -0.4 is 0 Å². The Morgan fingerprint density at radius 1 is 1.30 bits per heavy atom. The molecule has 5 nitrogen and oxygen atoms in total. The molecule has 2 rings (SSSR count). The molecule has 2 heterocycles. The van der Waals surface area contributed by atoms with Crippen molar-refractivity contribution in [3.05, 3.63) is 30.1 Å². The van der Waals surface area contributed by atoms with E-state index in [-0.39, 0.29) is 12.5 Å². The first kappa shape index (κ1) is 14.9. The molecular formula is C15H23N3O2. The molecule has 0 spiro atoms. The zero-order valence-corrected chi connectivity index (χ0v) is 11.9. The van der Waals surface area contributed by atoms with E-state index in [4.69, 9.17) is 5.11 Å². The first-order valence-corrected chi connectivity index (χ1v) is 7.29. The maximum Gasteiger partial charge on any atom is 0.222 e. The number of β-amino-alcohol motifs (C(OH)–C–C–N with tert-alkyl or cyclic N) is 1. The fraction of sp³-hybridized carbons (Fsp3) is 0.600. The Labute approximate surface area is 120 Å². The van der Waals surface area contributed by atoms with Gasteiger partial charge in [0, 0.05) is 45.0 Å². The number of pyridine rings is 1. The van der Waals surface area contributed by atoms with E-state index in [1.165, 1.54) is 0 Å². The van der Waals surface area contributed by atoms with Gasteiger partial charge >= 0.3 is 0 Å². The molecule has 0 aliphatic carbocycles. The minimum atomic E-state index is 0.189. The number of aliphatic hydroxyl groups excluding tert-OH is 1. The summed E-state index contributed by atoms with van der Waals surface area (Å²) in [6.07, 6.45) is 5.85. The number of aryl methyl sites for hydroxylation is 1. The lowest BCUT2D eigenvalue weighted by atomic mass is 10.1. The van der Waals surface area contributed by atoms with Crippen molar-refractivity contribution in [1.82, 2.24) is 14.8 Å². The van der Waals surface area contributed by atoms with Crippen molar-refractivity contribution < 1.29 is 9.90 Å². The Morgan fingerprint density at radius 2 is 2.20 bits per heavy atom. The number of carbonyl (C=O) groups excluding carboxylic acids is 1. The standard InChI is InChI=1S/C15H23N3O2/c19-12-11-17-7-2-8-18(10-9-17)15(20)5-4-14-3-1-6-16-13-14/h1,3,6,13,19H,2,4-5,7-12H2. The van der Waals surface area contributed by atoms with Crippen molar-refractivity contribution >= 4 is 5.91 Å². The molecule has 20 heavy (non-hydrogen) atoms. The van der Waals surface area contributed by atoms with Gasteiger partial charge in [-0.1, -0.05) is 6.07 Å². The average molecular weight is 277 g/mol. The third-order valence-electron chi connectivity index (χ3n) is 3.71. The zero-order valence-electron chi connectivity index (χ0n) is 11.9. The monoisotopic (exact) mass is 277 g/mol. The maximum atomic E-state index is 12.2. The van der Waals surface area contributed by atoms with Gasteiger partial charge in [0.15, 0.2) is 0 Å². The van der Waals surface area contributed by atoms with Gasteiger partial charge in [0.05, 0.1) is 6.61 Å². The van der Waals surface area contributed by atoms with Gasteiger partial charge in [-0.15, -0.1) is 0 Å². The molecule has 1 aliphatic heterocycles. The van der Waals surface area contributed by atoms with E-state index in [1.807, 2.05) is 23.2 Å². The maximum absolute atomic E-state index is 12.2. The lowest BCUT2D eigenvalue weighted by molar-refractivity contribution is -0.131. The number of aliphatic hydroxyl groups is 1. The highest BCUT2D eigenvalue weighted by Gasteiger charge is 2.18. The minimum absolute atomic E-state index is 0.189. The lowest BCUT2D eigenvalue weighted by Gasteiger charge is -2.21. The van der Waals surface area contributed by atoms with Crippen LogP contribution in [0.4, 0.5) is 0 Å². The topological polar surface area (TPSA) is 56.7 Å². The highest BCUT2D eigenvalue weighted by molar-refractivity contribution is 5.76. The van der Waals surface area contributed by atoms with Crippen molar-refractivity contribution in [1.29, 1.82) is 0 Å². The third kappa shape index (κ3) is 4.58. The van der Waals surface area contributed by atoms with Crippen molar-refractivity contribution in [2.45, 2.75) is 19.3 Å². The van der Waals surface area contributed by atoms with Crippen LogP contribution in [0.1, 0.15) is 18.4 Å². The molecular weight excluding hydrogens is 254 g/mol. The summed E-state index contributed by atoms with van der Waals surface area (Å²) in [4.78, 5) is 20.5. The Morgan fingerprint density at radius 3 is 2.95 bits per heavy atom. The van der Waals surface area contributed by atoms with Crippen LogP contribution in [0, 0.1) is 0 Å². The molecule has 5 heteroatoms. The van der Waals surface area contributed by atoms with E-state index in [1.54, 1.807) is 6.20 Å². The molecule has 1 amide bonds. The number of nitrogens with zero attached hydrogens (tertiary/aromatic N) is 3. The smallest absolute Gasteiger partial charge is 0.222 e. The number of rotatable bonds is 5. The number of hydrogen-bond donors (Lipinski definition) is 1. The summed E-state index contributed by atoms with van der Waals surface area (Å²) in [5.74, 6) is 0.222. The normalized spacial score (nSPS) is 16.9. The van der Waals surface area contributed by atoms with Gasteiger partial charge in [-0.05, 0) is 31.0 Å². The molecule has 1 saturated heterocycles. The van der Waals surface area contributed by atoms with E-state index < -0.39 is 0 Å². The molecule has 1 fully saturated rings. The summed E-state index contributed by atoms with van der Waals surface area (Å²) >= 11 is 0. The van der Waals surface area contributed by atoms with Crippen LogP contribution in [-0.2, 0) is 11.2 Å². The molecule has 0 bridgehead atoms. The lowest BCUT2D eigenvalue weighted by Crippen LogP contribution is -2.36. The minimum Gasteiger partial charge on any atom is -0.395 e. The molecule has 0 saturated carbocycles. The van der Waals surface area contributed by atoms with Gasteiger partial charge < -0.3 is 10.0 Å². The molecule has 110 valence electrons. The zero-order chi connectivity index (χ0) is 14.2. The van der Waals surface area contributed by atoms with Crippen molar-refractivity contribution in [3.8, 4) is 0 Å². The predicted octanol–water partition coefficient (Wildman–Crippen LogP) is 0.541. The second-order valence-corrected chi connectivity index (χ2v) is 5.16. The average Bonchev–Trinajstić information content (AvgIpc) is 2.72. The fourth-order valence-electron chi connectivity index (χ4n) is 2.54. The Kier molecular flexibility index (Phi) is 5.95. The van der Waals surface area contributed by atoms with Gasteiger partial charge in [0.25, 0.3) is 0 Å². The first-order chi connectivity index (χ1) is 9.79. The Hall–Kier alpha value is -1.46. The van der Waals surface area contributed by atoms with Gasteiger partial charge in [-0.25, -0.2) is 0 Å². The summed E-state index contributed by atoms with van der Waals surface area (Å²) in [6.45, 7) is 4.32. The van der Waals surface area contributed by atoms with Gasteiger partial charge in [-0.3, -0.25) is 14.7 Å². The fourth-order valence-corrected chi connectivity index (χ4v) is 2.54. The van der Waals surface area contributed by atoms with Crippen LogP contribution in [0.3, 0.4) is 0 Å². The summed E-state index contributed by atoms with van der Waals surface area (Å²) < 4.78 is 0. The van der Waals surface area contributed by atoms with Crippen molar-refractivity contribution in [2.24, 2.45) is 0 Å². The molecule has 0 radical (unpaired) electrons. The second kappa shape index (κ2) is 7.97. The van der Waals surface area contributed by atoms with Crippen LogP contribution >= 0.6 is 0 Å². The van der Waals surface area contributed by atoms with Crippen LogP contribution in [0.2, 0.25) is 0 Å². The van der Waals surface area contributed by atoms with E-state index in [0.29, 0.717) is 13.0 Å². The molecule has 0 aromatic carbocycles. The van der Waals surface area contributed by atoms with E-state index >= 15 is 0 Å². The number of carbonyl (C=O) groups is 1. The van der Waals surface area contributed by atoms with Crippen LogP contribution in [-0.4, -0.2) is 65.1 Å². The molecule has 1 aromatic heterocycles. The van der Waals surface area contributed by atoms with Crippen LogP contribution in [0.25, 0.3) is 0 Å². The number of aromatic nitrogens is 1. The van der Waals surface area contributed by atoms with Gasteiger partial charge in [0.2, 0.25) is 5.91 Å². The summed E-state index contributed by atoms with van der Waals surface area (Å²) in [5, 5.41) is 8.97. The van der Waals surface area contributed by atoms with E-state index in [9.17, 15) is 4.79 Å². The summed E-state index contributed by atoms with van der Waals surface area (Å²) in [5.41, 5.74) is 1.11.